The van der Waals surface area contributed by atoms with Gasteiger partial charge in [0.25, 0.3) is 5.91 Å². The van der Waals surface area contributed by atoms with Crippen molar-refractivity contribution in [3.05, 3.63) is 16.1 Å². The lowest BCUT2D eigenvalue weighted by Crippen LogP contribution is -2.45. The van der Waals surface area contributed by atoms with Crippen LogP contribution in [0.5, 0.6) is 0 Å². The average molecular weight is 296 g/mol. The molecule has 3 rings (SSSR count). The first-order chi connectivity index (χ1) is 9.79. The molecule has 6 heteroatoms. The van der Waals surface area contributed by atoms with Crippen molar-refractivity contribution in [1.82, 2.24) is 9.88 Å². The second kappa shape index (κ2) is 6.20. The molecule has 2 aliphatic rings. The molecule has 0 radical (unpaired) electrons. The maximum Gasteiger partial charge on any atom is 0.265 e. The molecule has 2 saturated heterocycles. The van der Waals surface area contributed by atoms with Gasteiger partial charge in [0.05, 0.1) is 18.8 Å². The first-order valence-electron chi connectivity index (χ1n) is 7.28. The smallest absolute Gasteiger partial charge is 0.265 e. The van der Waals surface area contributed by atoms with Gasteiger partial charge in [0.2, 0.25) is 0 Å². The highest BCUT2D eigenvalue weighted by atomic mass is 32.1. The number of rotatable bonds is 3. The second-order valence-electron chi connectivity index (χ2n) is 5.40. The first kappa shape index (κ1) is 14.0. The van der Waals surface area contributed by atoms with Crippen LogP contribution < -0.4 is 0 Å². The van der Waals surface area contributed by atoms with Crippen molar-refractivity contribution in [1.29, 1.82) is 0 Å². The van der Waals surface area contributed by atoms with E-state index in [9.17, 15) is 9.90 Å². The average Bonchev–Trinajstić information content (AvgIpc) is 3.16. The minimum Gasteiger partial charge on any atom is -0.394 e. The first-order valence-corrected chi connectivity index (χ1v) is 8.10. The number of carbonyl (C=O) groups is 1. The van der Waals surface area contributed by atoms with E-state index < -0.39 is 0 Å². The Morgan fingerprint density at radius 3 is 3.10 bits per heavy atom. The number of nitrogens with zero attached hydrogens (tertiary/aromatic N) is 2. The monoisotopic (exact) mass is 296 g/mol. The molecule has 0 aliphatic carbocycles. The van der Waals surface area contributed by atoms with Crippen molar-refractivity contribution < 1.29 is 14.6 Å². The van der Waals surface area contributed by atoms with Crippen molar-refractivity contribution in [3.8, 4) is 0 Å². The van der Waals surface area contributed by atoms with Crippen molar-refractivity contribution in [3.63, 3.8) is 0 Å². The van der Waals surface area contributed by atoms with Gasteiger partial charge in [0.15, 0.2) is 0 Å². The van der Waals surface area contributed by atoms with Crippen molar-refractivity contribution in [2.75, 3.05) is 19.8 Å². The van der Waals surface area contributed by atoms with E-state index in [1.54, 1.807) is 11.1 Å². The topological polar surface area (TPSA) is 62.7 Å². The third kappa shape index (κ3) is 2.73. The lowest BCUT2D eigenvalue weighted by atomic mass is 10.0. The molecule has 2 atom stereocenters. The largest absolute Gasteiger partial charge is 0.394 e. The Balaban J connectivity index is 1.72. The Morgan fingerprint density at radius 2 is 2.35 bits per heavy atom. The highest BCUT2D eigenvalue weighted by Gasteiger charge is 2.29. The van der Waals surface area contributed by atoms with Gasteiger partial charge in [-0.2, -0.15) is 0 Å². The van der Waals surface area contributed by atoms with Gasteiger partial charge in [-0.15, -0.1) is 11.3 Å². The fourth-order valence-electron chi connectivity index (χ4n) is 2.91. The molecule has 5 nitrogen and oxygen atoms in total. The highest BCUT2D eigenvalue weighted by Crippen LogP contribution is 2.32. The van der Waals surface area contributed by atoms with Crippen LogP contribution in [-0.2, 0) is 4.74 Å². The van der Waals surface area contributed by atoms with Crippen molar-refractivity contribution in [2.24, 2.45) is 0 Å². The zero-order valence-corrected chi connectivity index (χ0v) is 12.3. The summed E-state index contributed by atoms with van der Waals surface area (Å²) < 4.78 is 5.60. The minimum absolute atomic E-state index is 0.00509. The molecule has 2 aliphatic heterocycles. The zero-order valence-electron chi connectivity index (χ0n) is 11.5. The molecule has 1 aromatic heterocycles. The summed E-state index contributed by atoms with van der Waals surface area (Å²) in [6.45, 7) is 1.56. The Morgan fingerprint density at radius 1 is 1.45 bits per heavy atom. The standard InChI is InChI=1S/C14H20N2O3S/c17-9-10-4-1-2-6-16(10)14(18)12-8-15-13(20-12)11-5-3-7-19-11/h8,10-11,17H,1-7,9H2. The number of piperidine rings is 1. The quantitative estimate of drug-likeness (QED) is 0.926. The summed E-state index contributed by atoms with van der Waals surface area (Å²) in [6, 6.07) is -0.0375. The van der Waals surface area contributed by atoms with Gasteiger partial charge in [-0.25, -0.2) is 4.98 Å². The Hall–Kier alpha value is -0.980. The van der Waals surface area contributed by atoms with Crippen LogP contribution in [0.15, 0.2) is 6.20 Å². The Bertz CT molecular complexity index is 471. The summed E-state index contributed by atoms with van der Waals surface area (Å²) in [5, 5.41) is 10.3. The molecule has 2 fully saturated rings. The van der Waals surface area contributed by atoms with Crippen molar-refractivity contribution in [2.45, 2.75) is 44.2 Å². The van der Waals surface area contributed by atoms with Crippen LogP contribution in [0.3, 0.4) is 0 Å². The summed E-state index contributed by atoms with van der Waals surface area (Å²) in [5.41, 5.74) is 0. The molecule has 1 N–H and O–H groups in total. The van der Waals surface area contributed by atoms with Gasteiger partial charge in [-0.05, 0) is 32.1 Å². The van der Waals surface area contributed by atoms with Gasteiger partial charge in [0, 0.05) is 13.2 Å². The molecule has 0 saturated carbocycles. The van der Waals surface area contributed by atoms with E-state index in [0.29, 0.717) is 4.88 Å². The van der Waals surface area contributed by atoms with E-state index in [2.05, 4.69) is 4.98 Å². The van der Waals surface area contributed by atoms with Crippen LogP contribution in [0, 0.1) is 0 Å². The van der Waals surface area contributed by atoms with Gasteiger partial charge in [-0.1, -0.05) is 0 Å². The number of likely N-dealkylation sites (tertiary alicyclic amines) is 1. The van der Waals surface area contributed by atoms with E-state index in [4.69, 9.17) is 4.74 Å². The molecule has 2 unspecified atom stereocenters. The van der Waals surface area contributed by atoms with Crippen LogP contribution in [0.2, 0.25) is 0 Å². The number of aliphatic hydroxyl groups excluding tert-OH is 1. The molecule has 1 amide bonds. The summed E-state index contributed by atoms with van der Waals surface area (Å²) in [6.07, 6.45) is 6.76. The lowest BCUT2D eigenvalue weighted by Gasteiger charge is -2.34. The molecule has 0 aromatic carbocycles. The van der Waals surface area contributed by atoms with Crippen LogP contribution >= 0.6 is 11.3 Å². The molecular weight excluding hydrogens is 276 g/mol. The number of amides is 1. The number of hydrogen-bond donors (Lipinski definition) is 1. The summed E-state index contributed by atoms with van der Waals surface area (Å²) in [5.74, 6) is 0.00509. The molecular formula is C14H20N2O3S. The fourth-order valence-corrected chi connectivity index (χ4v) is 3.87. The third-order valence-corrected chi connectivity index (χ3v) is 5.12. The summed E-state index contributed by atoms with van der Waals surface area (Å²) >= 11 is 1.44. The number of thiazole rings is 1. The summed E-state index contributed by atoms with van der Waals surface area (Å²) in [7, 11) is 0. The van der Waals surface area contributed by atoms with Crippen LogP contribution in [-0.4, -0.2) is 46.7 Å². The van der Waals surface area contributed by atoms with E-state index in [1.165, 1.54) is 11.3 Å². The predicted molar refractivity (Wildman–Crippen MR) is 75.8 cm³/mol. The number of aromatic nitrogens is 1. The maximum atomic E-state index is 12.5. The van der Waals surface area contributed by atoms with E-state index in [1.807, 2.05) is 0 Å². The second-order valence-corrected chi connectivity index (χ2v) is 6.46. The minimum atomic E-state index is -0.0375. The zero-order chi connectivity index (χ0) is 13.9. The molecule has 20 heavy (non-hydrogen) atoms. The van der Waals surface area contributed by atoms with E-state index in [-0.39, 0.29) is 24.7 Å². The number of aliphatic hydroxyl groups is 1. The lowest BCUT2D eigenvalue weighted by molar-refractivity contribution is 0.0507. The van der Waals surface area contributed by atoms with E-state index in [0.717, 1.165) is 50.3 Å². The van der Waals surface area contributed by atoms with Crippen LogP contribution in [0.1, 0.15) is 52.9 Å². The SMILES string of the molecule is O=C(c1cnc(C2CCCO2)s1)N1CCCCC1CO. The maximum absolute atomic E-state index is 12.5. The normalized spacial score (nSPS) is 26.9. The van der Waals surface area contributed by atoms with Gasteiger partial charge < -0.3 is 14.7 Å². The Kier molecular flexibility index (Phi) is 4.33. The summed E-state index contributed by atoms with van der Waals surface area (Å²) in [4.78, 5) is 19.4. The number of hydrogen-bond acceptors (Lipinski definition) is 5. The molecule has 1 aromatic rings. The van der Waals surface area contributed by atoms with Gasteiger partial charge in [0.1, 0.15) is 16.0 Å². The van der Waals surface area contributed by atoms with Crippen LogP contribution in [0.4, 0.5) is 0 Å². The Labute approximate surface area is 122 Å². The van der Waals surface area contributed by atoms with Crippen molar-refractivity contribution >= 4 is 17.2 Å². The highest BCUT2D eigenvalue weighted by molar-refractivity contribution is 7.13. The van der Waals surface area contributed by atoms with Gasteiger partial charge in [-0.3, -0.25) is 4.79 Å². The van der Waals surface area contributed by atoms with Gasteiger partial charge >= 0.3 is 0 Å². The predicted octanol–water partition coefficient (Wildman–Crippen LogP) is 1.98. The van der Waals surface area contributed by atoms with E-state index >= 15 is 0 Å². The fraction of sp³-hybridized carbons (Fsp3) is 0.714. The molecule has 0 bridgehead atoms. The molecule has 110 valence electrons. The molecule has 0 spiro atoms. The number of carbonyl (C=O) groups excluding carboxylic acids is 1. The third-order valence-electron chi connectivity index (χ3n) is 4.04. The molecule has 3 heterocycles. The van der Waals surface area contributed by atoms with Crippen LogP contribution in [0.25, 0.3) is 0 Å². The number of ether oxygens (including phenoxy) is 1.